The highest BCUT2D eigenvalue weighted by atomic mass is 127. The summed E-state index contributed by atoms with van der Waals surface area (Å²) in [6.07, 6.45) is 2.58. The van der Waals surface area contributed by atoms with Gasteiger partial charge in [-0.15, -0.1) is 24.0 Å². The van der Waals surface area contributed by atoms with E-state index in [0.717, 1.165) is 51.5 Å². The molecule has 2 rings (SSSR count). The number of nitrogens with zero attached hydrogens (tertiary/aromatic N) is 3. The number of aliphatic imine (C=N–C) groups is 1. The van der Waals surface area contributed by atoms with Crippen molar-refractivity contribution in [2.24, 2.45) is 16.6 Å². The Bertz CT molecular complexity index is 606. The summed E-state index contributed by atoms with van der Waals surface area (Å²) in [4.78, 5) is 20.5. The molecule has 0 bridgehead atoms. The molecule has 3 N–H and O–H groups in total. The first-order valence-electron chi connectivity index (χ1n) is 10.1. The van der Waals surface area contributed by atoms with Crippen molar-refractivity contribution in [3.63, 3.8) is 0 Å². The highest BCUT2D eigenvalue weighted by Crippen LogP contribution is 2.21. The van der Waals surface area contributed by atoms with Crippen molar-refractivity contribution in [1.29, 1.82) is 0 Å². The summed E-state index contributed by atoms with van der Waals surface area (Å²) >= 11 is 0. The molecule has 1 aliphatic rings. The molecule has 2 atom stereocenters. The van der Waals surface area contributed by atoms with Gasteiger partial charge in [-0.2, -0.15) is 0 Å². The molecule has 1 aliphatic heterocycles. The second-order valence-corrected chi connectivity index (χ2v) is 7.20. The highest BCUT2D eigenvalue weighted by molar-refractivity contribution is 14.0. The lowest BCUT2D eigenvalue weighted by molar-refractivity contribution is -0.119. The van der Waals surface area contributed by atoms with E-state index < -0.39 is 0 Å². The van der Waals surface area contributed by atoms with Gasteiger partial charge in [0.05, 0.1) is 6.04 Å². The molecule has 2 unspecified atom stereocenters. The Balaban J connectivity index is 0.00000392. The van der Waals surface area contributed by atoms with Gasteiger partial charge in [0.15, 0.2) is 5.96 Å². The van der Waals surface area contributed by atoms with Crippen LogP contribution >= 0.6 is 24.0 Å². The molecule has 1 aromatic carbocycles. The number of nitrogens with two attached hydrogens (primary N) is 1. The zero-order chi connectivity index (χ0) is 19.6. The van der Waals surface area contributed by atoms with Gasteiger partial charge in [0.2, 0.25) is 5.91 Å². The predicted molar refractivity (Wildman–Crippen MR) is 127 cm³/mol. The van der Waals surface area contributed by atoms with Crippen molar-refractivity contribution >= 4 is 35.8 Å². The minimum Gasteiger partial charge on any atom is -0.370 e. The SMILES string of the molecule is CCN(CC)C(CNC(=NC)N1CCCC(CC(N)=O)C1)c1ccccc1.I. The molecular weight excluding hydrogens is 465 g/mol. The lowest BCUT2D eigenvalue weighted by Crippen LogP contribution is -2.49. The fourth-order valence-corrected chi connectivity index (χ4v) is 4.03. The number of hydrogen-bond acceptors (Lipinski definition) is 3. The topological polar surface area (TPSA) is 74.0 Å². The molecule has 0 spiro atoms. The number of carbonyl (C=O) groups is 1. The Labute approximate surface area is 187 Å². The maximum absolute atomic E-state index is 11.3. The van der Waals surface area contributed by atoms with Crippen molar-refractivity contribution in [2.75, 3.05) is 39.8 Å². The average molecular weight is 501 g/mol. The van der Waals surface area contributed by atoms with Gasteiger partial charge in [-0.3, -0.25) is 14.7 Å². The molecule has 28 heavy (non-hydrogen) atoms. The summed E-state index contributed by atoms with van der Waals surface area (Å²) in [6, 6.07) is 10.9. The molecule has 0 aromatic heterocycles. The third-order valence-electron chi connectivity index (χ3n) is 5.41. The van der Waals surface area contributed by atoms with Crippen LogP contribution in [0.1, 0.15) is 44.7 Å². The number of rotatable bonds is 8. The summed E-state index contributed by atoms with van der Waals surface area (Å²) in [5, 5.41) is 3.58. The molecular formula is C21H36IN5O. The number of guanidine groups is 1. The van der Waals surface area contributed by atoms with Crippen LogP contribution in [0.25, 0.3) is 0 Å². The minimum absolute atomic E-state index is 0. The van der Waals surface area contributed by atoms with Crippen LogP contribution in [0.3, 0.4) is 0 Å². The van der Waals surface area contributed by atoms with E-state index in [9.17, 15) is 4.79 Å². The van der Waals surface area contributed by atoms with Crippen molar-refractivity contribution in [1.82, 2.24) is 15.1 Å². The smallest absolute Gasteiger partial charge is 0.217 e. The molecule has 1 fully saturated rings. The quantitative estimate of drug-likeness (QED) is 0.327. The number of hydrogen-bond donors (Lipinski definition) is 2. The van der Waals surface area contributed by atoms with Gasteiger partial charge in [0.25, 0.3) is 0 Å². The monoisotopic (exact) mass is 501 g/mol. The molecule has 1 amide bonds. The second-order valence-electron chi connectivity index (χ2n) is 7.20. The molecule has 0 aliphatic carbocycles. The number of benzene rings is 1. The fourth-order valence-electron chi connectivity index (χ4n) is 4.03. The first-order valence-corrected chi connectivity index (χ1v) is 10.1. The Morgan fingerprint density at radius 3 is 2.57 bits per heavy atom. The molecule has 1 saturated heterocycles. The van der Waals surface area contributed by atoms with Crippen LogP contribution in [0.2, 0.25) is 0 Å². The van der Waals surface area contributed by atoms with E-state index in [0.29, 0.717) is 18.4 Å². The molecule has 158 valence electrons. The van der Waals surface area contributed by atoms with Gasteiger partial charge >= 0.3 is 0 Å². The Morgan fingerprint density at radius 2 is 2.00 bits per heavy atom. The average Bonchev–Trinajstić information content (AvgIpc) is 2.68. The van der Waals surface area contributed by atoms with E-state index in [1.54, 1.807) is 0 Å². The number of piperidine rings is 1. The third-order valence-corrected chi connectivity index (χ3v) is 5.41. The van der Waals surface area contributed by atoms with Crippen LogP contribution in [0, 0.1) is 5.92 Å². The Kier molecular flexibility index (Phi) is 11.4. The van der Waals surface area contributed by atoms with E-state index in [-0.39, 0.29) is 29.9 Å². The molecule has 1 heterocycles. The zero-order valence-corrected chi connectivity index (χ0v) is 19.8. The molecule has 7 heteroatoms. The minimum atomic E-state index is -0.213. The van der Waals surface area contributed by atoms with E-state index in [4.69, 9.17) is 5.73 Å². The number of likely N-dealkylation sites (tertiary alicyclic amines) is 1. The van der Waals surface area contributed by atoms with E-state index >= 15 is 0 Å². The number of amides is 1. The molecule has 0 radical (unpaired) electrons. The van der Waals surface area contributed by atoms with Crippen molar-refractivity contribution < 1.29 is 4.79 Å². The van der Waals surface area contributed by atoms with Gasteiger partial charge in [-0.05, 0) is 37.4 Å². The van der Waals surface area contributed by atoms with E-state index in [1.165, 1.54) is 5.56 Å². The summed E-state index contributed by atoms with van der Waals surface area (Å²) < 4.78 is 0. The second kappa shape index (κ2) is 13.0. The summed E-state index contributed by atoms with van der Waals surface area (Å²) in [6.45, 7) is 9.01. The first-order chi connectivity index (χ1) is 13.1. The summed E-state index contributed by atoms with van der Waals surface area (Å²) in [5.74, 6) is 1.02. The van der Waals surface area contributed by atoms with E-state index in [2.05, 4.69) is 64.3 Å². The van der Waals surface area contributed by atoms with Crippen LogP contribution < -0.4 is 11.1 Å². The number of nitrogens with one attached hydrogen (secondary N) is 1. The summed E-state index contributed by atoms with van der Waals surface area (Å²) in [5.41, 5.74) is 6.71. The number of carbonyl (C=O) groups excluding carboxylic acids is 1. The van der Waals surface area contributed by atoms with E-state index in [1.807, 2.05) is 7.05 Å². The Hall–Kier alpha value is -1.35. The van der Waals surface area contributed by atoms with Crippen LogP contribution in [-0.2, 0) is 4.79 Å². The van der Waals surface area contributed by atoms with Crippen LogP contribution in [-0.4, -0.2) is 61.4 Å². The predicted octanol–water partition coefficient (Wildman–Crippen LogP) is 2.85. The van der Waals surface area contributed by atoms with Crippen LogP contribution in [0.4, 0.5) is 0 Å². The van der Waals surface area contributed by atoms with Gasteiger partial charge in [-0.1, -0.05) is 44.2 Å². The van der Waals surface area contributed by atoms with Crippen molar-refractivity contribution in [3.05, 3.63) is 35.9 Å². The largest absolute Gasteiger partial charge is 0.370 e. The molecule has 6 nitrogen and oxygen atoms in total. The molecule has 1 aromatic rings. The highest BCUT2D eigenvalue weighted by Gasteiger charge is 2.25. The maximum Gasteiger partial charge on any atom is 0.217 e. The van der Waals surface area contributed by atoms with Crippen LogP contribution in [0.5, 0.6) is 0 Å². The maximum atomic E-state index is 11.3. The number of likely N-dealkylation sites (N-methyl/N-ethyl adjacent to an activating group) is 1. The Morgan fingerprint density at radius 1 is 1.32 bits per heavy atom. The number of halogens is 1. The standard InChI is InChI=1S/C21H35N5O.HI/c1-4-25(5-2)19(18-11-7-6-8-12-18)15-24-21(23-3)26-13-9-10-17(16-26)14-20(22)27;/h6-8,11-12,17,19H,4-5,9-10,13-16H2,1-3H3,(H2,22,27)(H,23,24);1H. The van der Waals surface area contributed by atoms with Gasteiger partial charge in [0.1, 0.15) is 0 Å². The third kappa shape index (κ3) is 7.24. The van der Waals surface area contributed by atoms with Crippen molar-refractivity contribution in [2.45, 2.75) is 39.2 Å². The van der Waals surface area contributed by atoms with Gasteiger partial charge < -0.3 is 16.0 Å². The fraction of sp³-hybridized carbons (Fsp3) is 0.619. The van der Waals surface area contributed by atoms with Gasteiger partial charge in [-0.25, -0.2) is 0 Å². The first kappa shape index (κ1) is 24.7. The van der Waals surface area contributed by atoms with Crippen LogP contribution in [0.15, 0.2) is 35.3 Å². The molecule has 0 saturated carbocycles. The lowest BCUT2D eigenvalue weighted by atomic mass is 9.95. The summed E-state index contributed by atoms with van der Waals surface area (Å²) in [7, 11) is 1.83. The number of primary amides is 1. The zero-order valence-electron chi connectivity index (χ0n) is 17.4. The lowest BCUT2D eigenvalue weighted by Gasteiger charge is -2.36. The van der Waals surface area contributed by atoms with Gasteiger partial charge in [0, 0.05) is 33.1 Å². The normalized spacial score (nSPS) is 18.5. The van der Waals surface area contributed by atoms with Crippen molar-refractivity contribution in [3.8, 4) is 0 Å².